The van der Waals surface area contributed by atoms with Crippen LogP contribution in [0.4, 0.5) is 10.8 Å². The standard InChI is InChI=1S/C22H25N5OS2/c1-17-7-9-19(10-8-17)23-21-24-25-22(30-21)29-16-20(28)27-13-11-26(12-14-27)15-18-5-3-2-4-6-18/h2-10H,11-16H2,1H3,(H,23,24). The molecule has 1 N–H and O–H groups in total. The lowest BCUT2D eigenvalue weighted by Gasteiger charge is -2.34. The number of piperazine rings is 1. The molecule has 1 fully saturated rings. The number of anilines is 2. The molecule has 1 aromatic heterocycles. The zero-order chi connectivity index (χ0) is 20.8. The number of hydrogen-bond acceptors (Lipinski definition) is 7. The molecule has 0 aliphatic carbocycles. The van der Waals surface area contributed by atoms with Gasteiger partial charge in [-0.05, 0) is 24.6 Å². The van der Waals surface area contributed by atoms with E-state index < -0.39 is 0 Å². The molecule has 1 saturated heterocycles. The van der Waals surface area contributed by atoms with Gasteiger partial charge in [0.2, 0.25) is 11.0 Å². The van der Waals surface area contributed by atoms with E-state index in [9.17, 15) is 4.79 Å². The van der Waals surface area contributed by atoms with Gasteiger partial charge in [0, 0.05) is 38.4 Å². The Hall–Kier alpha value is -2.42. The first-order valence-electron chi connectivity index (χ1n) is 10.00. The highest BCUT2D eigenvalue weighted by atomic mass is 32.2. The van der Waals surface area contributed by atoms with Crippen molar-refractivity contribution in [3.63, 3.8) is 0 Å². The number of nitrogens with zero attached hydrogens (tertiary/aromatic N) is 4. The molecule has 0 saturated carbocycles. The van der Waals surface area contributed by atoms with Crippen molar-refractivity contribution < 1.29 is 4.79 Å². The molecule has 156 valence electrons. The van der Waals surface area contributed by atoms with Crippen LogP contribution >= 0.6 is 23.1 Å². The van der Waals surface area contributed by atoms with E-state index in [0.717, 1.165) is 47.9 Å². The molecule has 8 heteroatoms. The third-order valence-electron chi connectivity index (χ3n) is 5.00. The Balaban J connectivity index is 1.21. The Morgan fingerprint density at radius 2 is 1.77 bits per heavy atom. The van der Waals surface area contributed by atoms with Gasteiger partial charge in [0.25, 0.3) is 0 Å². The molecule has 0 atom stereocenters. The van der Waals surface area contributed by atoms with Crippen LogP contribution < -0.4 is 5.32 Å². The van der Waals surface area contributed by atoms with Gasteiger partial charge in [0.05, 0.1) is 5.75 Å². The van der Waals surface area contributed by atoms with Crippen molar-refractivity contribution in [3.05, 3.63) is 65.7 Å². The number of carbonyl (C=O) groups is 1. The highest BCUT2D eigenvalue weighted by molar-refractivity contribution is 8.01. The van der Waals surface area contributed by atoms with Crippen molar-refractivity contribution in [3.8, 4) is 0 Å². The monoisotopic (exact) mass is 439 g/mol. The van der Waals surface area contributed by atoms with E-state index in [1.165, 1.54) is 34.2 Å². The normalized spacial score (nSPS) is 14.6. The van der Waals surface area contributed by atoms with Crippen LogP contribution in [0.15, 0.2) is 58.9 Å². The lowest BCUT2D eigenvalue weighted by Crippen LogP contribution is -2.48. The smallest absolute Gasteiger partial charge is 0.233 e. The summed E-state index contributed by atoms with van der Waals surface area (Å²) in [6.45, 7) is 6.39. The number of aromatic nitrogens is 2. The minimum absolute atomic E-state index is 0.169. The number of benzene rings is 2. The number of carbonyl (C=O) groups excluding carboxylic acids is 1. The quantitative estimate of drug-likeness (QED) is 0.561. The van der Waals surface area contributed by atoms with Crippen LogP contribution in [0.3, 0.4) is 0 Å². The van der Waals surface area contributed by atoms with Crippen molar-refractivity contribution >= 4 is 39.8 Å². The van der Waals surface area contributed by atoms with Crippen LogP contribution in [0.2, 0.25) is 0 Å². The third-order valence-corrected chi connectivity index (χ3v) is 6.96. The van der Waals surface area contributed by atoms with Gasteiger partial charge in [-0.15, -0.1) is 10.2 Å². The summed E-state index contributed by atoms with van der Waals surface area (Å²) in [7, 11) is 0. The van der Waals surface area contributed by atoms with Gasteiger partial charge in [-0.3, -0.25) is 9.69 Å². The molecule has 2 heterocycles. The zero-order valence-corrected chi connectivity index (χ0v) is 18.6. The molecule has 2 aromatic carbocycles. The van der Waals surface area contributed by atoms with Crippen molar-refractivity contribution in [2.75, 3.05) is 37.2 Å². The summed E-state index contributed by atoms with van der Waals surface area (Å²) in [6, 6.07) is 18.6. The van der Waals surface area contributed by atoms with Crippen LogP contribution in [-0.4, -0.2) is 57.8 Å². The van der Waals surface area contributed by atoms with Gasteiger partial charge in [-0.25, -0.2) is 0 Å². The fourth-order valence-corrected chi connectivity index (χ4v) is 4.97. The molecule has 3 aromatic rings. The molecule has 1 aliphatic heterocycles. The van der Waals surface area contributed by atoms with E-state index >= 15 is 0 Å². The van der Waals surface area contributed by atoms with Gasteiger partial charge in [0.15, 0.2) is 4.34 Å². The molecule has 0 spiro atoms. The van der Waals surface area contributed by atoms with E-state index in [1.807, 2.05) is 23.1 Å². The molecule has 0 bridgehead atoms. The second kappa shape index (κ2) is 10.1. The minimum Gasteiger partial charge on any atom is -0.339 e. The number of nitrogens with one attached hydrogen (secondary N) is 1. The summed E-state index contributed by atoms with van der Waals surface area (Å²) >= 11 is 2.93. The first kappa shape index (κ1) is 20.8. The van der Waals surface area contributed by atoms with E-state index in [2.05, 4.69) is 63.7 Å². The fourth-order valence-electron chi connectivity index (χ4n) is 3.29. The fraction of sp³-hybridized carbons (Fsp3) is 0.318. The number of hydrogen-bond donors (Lipinski definition) is 1. The topological polar surface area (TPSA) is 61.4 Å². The van der Waals surface area contributed by atoms with E-state index in [0.29, 0.717) is 5.75 Å². The van der Waals surface area contributed by atoms with Crippen LogP contribution in [0.1, 0.15) is 11.1 Å². The predicted octanol–water partition coefficient (Wildman–Crippen LogP) is 4.03. The number of aryl methyl sites for hydroxylation is 1. The lowest BCUT2D eigenvalue weighted by atomic mass is 10.2. The molecule has 0 radical (unpaired) electrons. The summed E-state index contributed by atoms with van der Waals surface area (Å²) in [5.74, 6) is 0.570. The first-order valence-corrected chi connectivity index (χ1v) is 11.8. The average Bonchev–Trinajstić information content (AvgIpc) is 3.22. The van der Waals surface area contributed by atoms with Gasteiger partial charge in [-0.1, -0.05) is 71.1 Å². The van der Waals surface area contributed by atoms with Gasteiger partial charge in [-0.2, -0.15) is 0 Å². The van der Waals surface area contributed by atoms with Crippen molar-refractivity contribution in [2.24, 2.45) is 0 Å². The van der Waals surface area contributed by atoms with E-state index in [1.54, 1.807) is 0 Å². The Morgan fingerprint density at radius 1 is 1.03 bits per heavy atom. The zero-order valence-electron chi connectivity index (χ0n) is 17.0. The van der Waals surface area contributed by atoms with Crippen LogP contribution in [0, 0.1) is 6.92 Å². The maximum atomic E-state index is 12.6. The van der Waals surface area contributed by atoms with Gasteiger partial charge in [0.1, 0.15) is 0 Å². The third kappa shape index (κ3) is 5.81. The maximum absolute atomic E-state index is 12.6. The molecule has 30 heavy (non-hydrogen) atoms. The van der Waals surface area contributed by atoms with Crippen LogP contribution in [0.25, 0.3) is 0 Å². The molecular formula is C22H25N5OS2. The molecular weight excluding hydrogens is 414 g/mol. The second-order valence-electron chi connectivity index (χ2n) is 7.30. The summed E-state index contributed by atoms with van der Waals surface area (Å²) < 4.78 is 0.806. The maximum Gasteiger partial charge on any atom is 0.233 e. The molecule has 0 unspecified atom stereocenters. The number of thioether (sulfide) groups is 1. The summed E-state index contributed by atoms with van der Waals surface area (Å²) in [4.78, 5) is 17.0. The SMILES string of the molecule is Cc1ccc(Nc2nnc(SCC(=O)N3CCN(Cc4ccccc4)CC3)s2)cc1. The Labute approximate surface area is 185 Å². The van der Waals surface area contributed by atoms with Crippen molar-refractivity contribution in [1.82, 2.24) is 20.0 Å². The van der Waals surface area contributed by atoms with E-state index in [4.69, 9.17) is 0 Å². The van der Waals surface area contributed by atoms with Crippen LogP contribution in [0.5, 0.6) is 0 Å². The molecule has 1 aliphatic rings. The van der Waals surface area contributed by atoms with Gasteiger partial charge >= 0.3 is 0 Å². The van der Waals surface area contributed by atoms with Gasteiger partial charge < -0.3 is 10.2 Å². The number of amides is 1. The number of rotatable bonds is 7. The van der Waals surface area contributed by atoms with Crippen molar-refractivity contribution in [1.29, 1.82) is 0 Å². The summed E-state index contributed by atoms with van der Waals surface area (Å²) in [5, 5.41) is 12.4. The summed E-state index contributed by atoms with van der Waals surface area (Å²) in [5.41, 5.74) is 3.52. The Morgan fingerprint density at radius 3 is 2.50 bits per heavy atom. The highest BCUT2D eigenvalue weighted by Gasteiger charge is 2.21. The summed E-state index contributed by atoms with van der Waals surface area (Å²) in [6.07, 6.45) is 0. The molecule has 1 amide bonds. The second-order valence-corrected chi connectivity index (χ2v) is 9.50. The predicted molar refractivity (Wildman–Crippen MR) is 123 cm³/mol. The largest absolute Gasteiger partial charge is 0.339 e. The Bertz CT molecular complexity index is 953. The Kier molecular flexibility index (Phi) is 6.99. The lowest BCUT2D eigenvalue weighted by molar-refractivity contribution is -0.130. The van der Waals surface area contributed by atoms with E-state index in [-0.39, 0.29) is 5.91 Å². The minimum atomic E-state index is 0.169. The van der Waals surface area contributed by atoms with Crippen LogP contribution in [-0.2, 0) is 11.3 Å². The van der Waals surface area contributed by atoms with Crippen molar-refractivity contribution in [2.45, 2.75) is 17.8 Å². The highest BCUT2D eigenvalue weighted by Crippen LogP contribution is 2.28. The molecule has 6 nitrogen and oxygen atoms in total. The average molecular weight is 440 g/mol. The first-order chi connectivity index (χ1) is 14.7. The molecule has 4 rings (SSSR count).